The number of aromatic hydroxyl groups is 1. The second kappa shape index (κ2) is 6.08. The predicted molar refractivity (Wildman–Crippen MR) is 95.6 cm³/mol. The van der Waals surface area contributed by atoms with E-state index in [1.807, 2.05) is 0 Å². The van der Waals surface area contributed by atoms with E-state index in [1.165, 1.54) is 14.2 Å². The third-order valence-electron chi connectivity index (χ3n) is 5.48. The van der Waals surface area contributed by atoms with E-state index in [9.17, 15) is 15.0 Å². The van der Waals surface area contributed by atoms with Crippen molar-refractivity contribution in [2.45, 2.75) is 11.7 Å². The number of benzene rings is 2. The lowest BCUT2D eigenvalue weighted by Gasteiger charge is -2.38. The largest absolute Gasteiger partial charge is 0.502 e. The van der Waals surface area contributed by atoms with Gasteiger partial charge in [-0.05, 0) is 23.8 Å². The molecule has 0 saturated carbocycles. The van der Waals surface area contributed by atoms with Crippen LogP contribution in [0.3, 0.4) is 0 Å². The van der Waals surface area contributed by atoms with Gasteiger partial charge in [-0.3, -0.25) is 4.79 Å². The quantitative estimate of drug-likeness (QED) is 0.738. The van der Waals surface area contributed by atoms with Crippen molar-refractivity contribution in [2.75, 3.05) is 27.6 Å². The zero-order valence-electron chi connectivity index (χ0n) is 15.6. The Hall–Kier alpha value is -3.33. The lowest BCUT2D eigenvalue weighted by Crippen LogP contribution is -2.50. The summed E-state index contributed by atoms with van der Waals surface area (Å²) in [7, 11) is 2.82. The summed E-state index contributed by atoms with van der Waals surface area (Å²) in [4.78, 5) is 12.6. The van der Waals surface area contributed by atoms with Crippen LogP contribution in [0.1, 0.15) is 17.0 Å². The van der Waals surface area contributed by atoms with Gasteiger partial charge < -0.3 is 38.6 Å². The van der Waals surface area contributed by atoms with Crippen molar-refractivity contribution >= 4 is 5.97 Å². The van der Waals surface area contributed by atoms with Crippen molar-refractivity contribution in [1.82, 2.24) is 0 Å². The molecule has 3 aliphatic rings. The molecule has 3 heterocycles. The fourth-order valence-corrected chi connectivity index (χ4v) is 4.13. The van der Waals surface area contributed by atoms with E-state index in [0.717, 1.165) is 0 Å². The molecule has 0 radical (unpaired) electrons. The van der Waals surface area contributed by atoms with Gasteiger partial charge in [0, 0.05) is 17.5 Å². The number of carbonyl (C=O) groups excluding carboxylic acids is 1. The molecular formula is C20H18O9. The summed E-state index contributed by atoms with van der Waals surface area (Å²) in [5.74, 6) is -2.63. The monoisotopic (exact) mass is 402 g/mol. The summed E-state index contributed by atoms with van der Waals surface area (Å²) in [6.45, 7) is -0.229. The van der Waals surface area contributed by atoms with Gasteiger partial charge in [-0.15, -0.1) is 0 Å². The Morgan fingerprint density at radius 2 is 1.66 bits per heavy atom. The minimum Gasteiger partial charge on any atom is -0.502 e. The molecule has 2 aromatic rings. The Balaban J connectivity index is 1.75. The van der Waals surface area contributed by atoms with Gasteiger partial charge in [0.25, 0.3) is 5.79 Å². The highest BCUT2D eigenvalue weighted by atomic mass is 16.7. The number of carbonyl (C=O) groups is 1. The predicted octanol–water partition coefficient (Wildman–Crippen LogP) is 1.52. The van der Waals surface area contributed by atoms with Gasteiger partial charge in [0.1, 0.15) is 11.7 Å². The second-order valence-corrected chi connectivity index (χ2v) is 7.03. The first kappa shape index (κ1) is 17.7. The van der Waals surface area contributed by atoms with Crippen molar-refractivity contribution in [3.63, 3.8) is 0 Å². The fraction of sp³-hybridized carbons (Fsp3) is 0.350. The standard InChI is InChI=1S/C20H18O9/c1-24-14-3-9(4-15(25-2)18(14)21)16-10-5-12-13(28-8-27-12)6-11(10)29-20(23)7-26-19(22)17(16)20/h3-6,16-17,21,23H,7-8H2,1-2H3/t16-,17+,20-/m1/s1. The van der Waals surface area contributed by atoms with E-state index in [-0.39, 0.29) is 30.6 Å². The highest BCUT2D eigenvalue weighted by molar-refractivity contribution is 5.80. The lowest BCUT2D eigenvalue weighted by molar-refractivity contribution is -0.173. The van der Waals surface area contributed by atoms with Crippen molar-refractivity contribution < 1.29 is 43.4 Å². The first-order valence-corrected chi connectivity index (χ1v) is 8.91. The smallest absolute Gasteiger partial charge is 0.317 e. The van der Waals surface area contributed by atoms with Crippen LogP contribution in [0.2, 0.25) is 0 Å². The molecule has 152 valence electrons. The first-order valence-electron chi connectivity index (χ1n) is 8.91. The molecule has 0 bridgehead atoms. The van der Waals surface area contributed by atoms with Gasteiger partial charge in [-0.1, -0.05) is 0 Å². The van der Waals surface area contributed by atoms with Crippen LogP contribution in [0.4, 0.5) is 0 Å². The van der Waals surface area contributed by atoms with Gasteiger partial charge in [0.2, 0.25) is 12.5 Å². The number of phenolic OH excluding ortho intramolecular Hbond substituents is 1. The lowest BCUT2D eigenvalue weighted by atomic mass is 9.75. The number of esters is 1. The highest BCUT2D eigenvalue weighted by Gasteiger charge is 2.59. The molecule has 1 saturated heterocycles. The Labute approximate surface area is 165 Å². The third kappa shape index (κ3) is 2.47. The molecule has 3 aliphatic heterocycles. The molecule has 0 amide bonds. The van der Waals surface area contributed by atoms with Crippen LogP contribution in [0, 0.1) is 5.92 Å². The SMILES string of the molecule is COc1cc([C@@H]2c3cc4c(cc3O[C@]3(O)COC(=O)[C@H]23)OCO4)cc(OC)c1O. The maximum atomic E-state index is 12.6. The van der Waals surface area contributed by atoms with Crippen LogP contribution in [0.15, 0.2) is 24.3 Å². The molecule has 0 aliphatic carbocycles. The number of hydrogen-bond acceptors (Lipinski definition) is 9. The Morgan fingerprint density at radius 1 is 1.00 bits per heavy atom. The maximum Gasteiger partial charge on any atom is 0.317 e. The van der Waals surface area contributed by atoms with Crippen LogP contribution < -0.4 is 23.7 Å². The summed E-state index contributed by atoms with van der Waals surface area (Å²) >= 11 is 0. The molecule has 9 heteroatoms. The van der Waals surface area contributed by atoms with Crippen LogP contribution in [-0.4, -0.2) is 49.6 Å². The summed E-state index contributed by atoms with van der Waals surface area (Å²) in [5, 5.41) is 21.3. The Kier molecular flexibility index (Phi) is 3.72. The van der Waals surface area contributed by atoms with Crippen LogP contribution in [0.5, 0.6) is 34.5 Å². The van der Waals surface area contributed by atoms with Gasteiger partial charge in [0.05, 0.1) is 14.2 Å². The highest BCUT2D eigenvalue weighted by Crippen LogP contribution is 2.55. The fourth-order valence-electron chi connectivity index (χ4n) is 4.13. The number of fused-ring (bicyclic) bond motifs is 3. The van der Waals surface area contributed by atoms with E-state index in [2.05, 4.69) is 0 Å². The number of hydrogen-bond donors (Lipinski definition) is 2. The summed E-state index contributed by atoms with van der Waals surface area (Å²) in [5.41, 5.74) is 1.18. The Bertz CT molecular complexity index is 992. The second-order valence-electron chi connectivity index (χ2n) is 7.03. The van der Waals surface area contributed by atoms with Gasteiger partial charge in [-0.25, -0.2) is 0 Å². The normalized spacial score (nSPS) is 26.2. The molecule has 0 aromatic heterocycles. The minimum atomic E-state index is -1.85. The number of cyclic esters (lactones) is 1. The summed E-state index contributed by atoms with van der Waals surface area (Å²) in [6, 6.07) is 6.53. The minimum absolute atomic E-state index is 0.0689. The molecule has 9 nitrogen and oxygen atoms in total. The van der Waals surface area contributed by atoms with Crippen molar-refractivity contribution in [3.05, 3.63) is 35.4 Å². The molecule has 0 spiro atoms. The molecule has 29 heavy (non-hydrogen) atoms. The molecule has 2 N–H and O–H groups in total. The van der Waals surface area contributed by atoms with E-state index in [4.69, 9.17) is 28.4 Å². The zero-order valence-corrected chi connectivity index (χ0v) is 15.6. The number of phenols is 1. The van der Waals surface area contributed by atoms with Gasteiger partial charge in [-0.2, -0.15) is 0 Å². The number of aliphatic hydroxyl groups is 1. The molecule has 0 unspecified atom stereocenters. The van der Waals surface area contributed by atoms with Gasteiger partial charge >= 0.3 is 5.97 Å². The van der Waals surface area contributed by atoms with E-state index in [0.29, 0.717) is 28.4 Å². The first-order chi connectivity index (χ1) is 13.9. The topological polar surface area (TPSA) is 113 Å². The van der Waals surface area contributed by atoms with E-state index in [1.54, 1.807) is 24.3 Å². The third-order valence-corrected chi connectivity index (χ3v) is 5.48. The van der Waals surface area contributed by atoms with Crippen molar-refractivity contribution in [2.24, 2.45) is 5.92 Å². The van der Waals surface area contributed by atoms with E-state index >= 15 is 0 Å². The number of ether oxygens (including phenoxy) is 6. The maximum absolute atomic E-state index is 12.6. The van der Waals surface area contributed by atoms with E-state index < -0.39 is 23.6 Å². The average Bonchev–Trinajstić information content (AvgIpc) is 3.28. The summed E-state index contributed by atoms with van der Waals surface area (Å²) < 4.78 is 32.3. The molecule has 1 fully saturated rings. The molecule has 3 atom stereocenters. The Morgan fingerprint density at radius 3 is 2.31 bits per heavy atom. The van der Waals surface area contributed by atoms with Crippen LogP contribution >= 0.6 is 0 Å². The average molecular weight is 402 g/mol. The zero-order chi connectivity index (χ0) is 20.3. The van der Waals surface area contributed by atoms with Gasteiger partial charge in [0.15, 0.2) is 29.6 Å². The molecule has 2 aromatic carbocycles. The van der Waals surface area contributed by atoms with Crippen molar-refractivity contribution in [1.29, 1.82) is 0 Å². The van der Waals surface area contributed by atoms with Crippen LogP contribution in [0.25, 0.3) is 0 Å². The summed E-state index contributed by atoms with van der Waals surface area (Å²) in [6.07, 6.45) is 0. The number of methoxy groups -OCH3 is 2. The molecular weight excluding hydrogens is 384 g/mol. The van der Waals surface area contributed by atoms with Crippen molar-refractivity contribution in [3.8, 4) is 34.5 Å². The van der Waals surface area contributed by atoms with Crippen LogP contribution in [-0.2, 0) is 9.53 Å². The number of rotatable bonds is 3. The molecule has 5 rings (SSSR count).